The summed E-state index contributed by atoms with van der Waals surface area (Å²) in [6, 6.07) is 3.76. The molecule has 0 aliphatic heterocycles. The van der Waals surface area contributed by atoms with E-state index in [1.54, 1.807) is 12.4 Å². The van der Waals surface area contributed by atoms with Crippen molar-refractivity contribution in [3.8, 4) is 11.3 Å². The summed E-state index contributed by atoms with van der Waals surface area (Å²) >= 11 is 0. The van der Waals surface area contributed by atoms with Crippen LogP contribution in [0.15, 0.2) is 24.5 Å². The minimum atomic E-state index is 0.0299. The minimum Gasteiger partial charge on any atom is -0.383 e. The van der Waals surface area contributed by atoms with Gasteiger partial charge >= 0.3 is 0 Å². The number of nitrogens with zero attached hydrogens (tertiary/aromatic N) is 3. The molecular formula is C17H18N6O. The number of nitrogens with one attached hydrogen (secondary N) is 2. The maximum atomic E-state index is 12.1. The second kappa shape index (κ2) is 5.30. The fourth-order valence-corrected chi connectivity index (χ4v) is 2.90. The number of nitrogens with two attached hydrogens (primary N) is 1. The molecule has 7 heteroatoms. The second-order valence-corrected chi connectivity index (χ2v) is 6.38. The molecule has 2 unspecified atom stereocenters. The van der Waals surface area contributed by atoms with Gasteiger partial charge in [-0.3, -0.25) is 9.89 Å². The SMILES string of the molecule is Cc1n[nH]cc1-c1cc2cc(NC(=O)C3CC3C)ncc2c(N)n1. The van der Waals surface area contributed by atoms with E-state index in [1.807, 2.05) is 19.1 Å². The summed E-state index contributed by atoms with van der Waals surface area (Å²) in [6.45, 7) is 3.98. The molecule has 4 N–H and O–H groups in total. The van der Waals surface area contributed by atoms with Gasteiger partial charge in [-0.1, -0.05) is 6.92 Å². The molecule has 3 aromatic heterocycles. The Bertz CT molecular complexity index is 947. The smallest absolute Gasteiger partial charge is 0.228 e. The number of amides is 1. The first-order valence-corrected chi connectivity index (χ1v) is 7.91. The number of carbonyl (C=O) groups excluding carboxylic acids is 1. The highest BCUT2D eigenvalue weighted by Crippen LogP contribution is 2.38. The van der Waals surface area contributed by atoms with Crippen LogP contribution in [0.5, 0.6) is 0 Å². The van der Waals surface area contributed by atoms with Crippen LogP contribution in [0.25, 0.3) is 22.0 Å². The number of aryl methyl sites for hydroxylation is 1. The van der Waals surface area contributed by atoms with Gasteiger partial charge in [-0.15, -0.1) is 0 Å². The van der Waals surface area contributed by atoms with Crippen molar-refractivity contribution in [1.29, 1.82) is 0 Å². The van der Waals surface area contributed by atoms with Crippen molar-refractivity contribution in [3.05, 3.63) is 30.2 Å². The molecule has 3 aromatic rings. The van der Waals surface area contributed by atoms with E-state index in [-0.39, 0.29) is 11.8 Å². The first-order chi connectivity index (χ1) is 11.5. The highest BCUT2D eigenvalue weighted by Gasteiger charge is 2.39. The Kier molecular flexibility index (Phi) is 3.23. The maximum Gasteiger partial charge on any atom is 0.228 e. The van der Waals surface area contributed by atoms with Gasteiger partial charge in [-0.25, -0.2) is 9.97 Å². The first kappa shape index (κ1) is 14.6. The van der Waals surface area contributed by atoms with E-state index in [0.29, 0.717) is 17.6 Å². The van der Waals surface area contributed by atoms with Crippen LogP contribution in [0, 0.1) is 18.8 Å². The van der Waals surface area contributed by atoms with Gasteiger partial charge < -0.3 is 11.1 Å². The van der Waals surface area contributed by atoms with E-state index >= 15 is 0 Å². The largest absolute Gasteiger partial charge is 0.383 e. The molecule has 24 heavy (non-hydrogen) atoms. The van der Waals surface area contributed by atoms with E-state index in [9.17, 15) is 4.79 Å². The lowest BCUT2D eigenvalue weighted by atomic mass is 10.1. The summed E-state index contributed by atoms with van der Waals surface area (Å²) in [7, 11) is 0. The van der Waals surface area contributed by atoms with Gasteiger partial charge in [0.05, 0.1) is 11.4 Å². The zero-order valence-corrected chi connectivity index (χ0v) is 13.5. The lowest BCUT2D eigenvalue weighted by Crippen LogP contribution is -2.15. The van der Waals surface area contributed by atoms with Crippen LogP contribution < -0.4 is 11.1 Å². The summed E-state index contributed by atoms with van der Waals surface area (Å²) < 4.78 is 0. The molecule has 1 saturated carbocycles. The predicted molar refractivity (Wildman–Crippen MR) is 92.2 cm³/mol. The Morgan fingerprint density at radius 3 is 2.88 bits per heavy atom. The number of aromatic amines is 1. The molecule has 1 aliphatic rings. The number of hydrogen-bond donors (Lipinski definition) is 3. The van der Waals surface area contributed by atoms with Crippen LogP contribution in [0.2, 0.25) is 0 Å². The van der Waals surface area contributed by atoms with Gasteiger partial charge in [0.25, 0.3) is 0 Å². The number of nitrogen functional groups attached to an aromatic ring is 1. The molecule has 7 nitrogen and oxygen atoms in total. The van der Waals surface area contributed by atoms with Gasteiger partial charge in [0.1, 0.15) is 11.6 Å². The molecule has 0 bridgehead atoms. The van der Waals surface area contributed by atoms with Crippen molar-refractivity contribution >= 4 is 28.3 Å². The Morgan fingerprint density at radius 2 is 2.21 bits per heavy atom. The van der Waals surface area contributed by atoms with Gasteiger partial charge in [0, 0.05) is 29.3 Å². The monoisotopic (exact) mass is 322 g/mol. The van der Waals surface area contributed by atoms with Crippen LogP contribution in [-0.4, -0.2) is 26.1 Å². The number of fused-ring (bicyclic) bond motifs is 1. The summed E-state index contributed by atoms with van der Waals surface area (Å²) in [5, 5.41) is 11.5. The Balaban J connectivity index is 1.72. The second-order valence-electron chi connectivity index (χ2n) is 6.38. The summed E-state index contributed by atoms with van der Waals surface area (Å²) in [5.74, 6) is 1.54. The number of aromatic nitrogens is 4. The van der Waals surface area contributed by atoms with Crippen molar-refractivity contribution in [2.75, 3.05) is 11.1 Å². The molecule has 4 rings (SSSR count). The molecule has 1 fully saturated rings. The predicted octanol–water partition coefficient (Wildman–Crippen LogP) is 2.51. The van der Waals surface area contributed by atoms with E-state index in [0.717, 1.165) is 34.1 Å². The fraction of sp³-hybridized carbons (Fsp3) is 0.294. The Morgan fingerprint density at radius 1 is 1.42 bits per heavy atom. The van der Waals surface area contributed by atoms with Crippen LogP contribution in [0.4, 0.5) is 11.6 Å². The molecule has 3 heterocycles. The number of hydrogen-bond acceptors (Lipinski definition) is 5. The number of pyridine rings is 2. The van der Waals surface area contributed by atoms with Crippen LogP contribution in [0.3, 0.4) is 0 Å². The van der Waals surface area contributed by atoms with E-state index in [2.05, 4.69) is 32.4 Å². The van der Waals surface area contributed by atoms with Crippen molar-refractivity contribution in [1.82, 2.24) is 20.2 Å². The number of H-pyrrole nitrogens is 1. The van der Waals surface area contributed by atoms with Crippen LogP contribution in [0.1, 0.15) is 19.0 Å². The highest BCUT2D eigenvalue weighted by molar-refractivity contribution is 5.98. The molecule has 1 amide bonds. The first-order valence-electron chi connectivity index (χ1n) is 7.91. The normalized spacial score (nSPS) is 19.4. The number of anilines is 2. The van der Waals surface area contributed by atoms with Crippen molar-refractivity contribution < 1.29 is 4.79 Å². The van der Waals surface area contributed by atoms with Gasteiger partial charge in [-0.05, 0) is 36.8 Å². The third kappa shape index (κ3) is 2.47. The highest BCUT2D eigenvalue weighted by atomic mass is 16.2. The molecule has 0 saturated heterocycles. The van der Waals surface area contributed by atoms with Gasteiger partial charge in [0.2, 0.25) is 5.91 Å². The molecule has 0 radical (unpaired) electrons. The molecule has 0 aromatic carbocycles. The Labute approximate surface area is 138 Å². The van der Waals surface area contributed by atoms with Crippen molar-refractivity contribution in [2.24, 2.45) is 11.8 Å². The lowest BCUT2D eigenvalue weighted by Gasteiger charge is -2.08. The topological polar surface area (TPSA) is 110 Å². The van der Waals surface area contributed by atoms with Gasteiger partial charge in [-0.2, -0.15) is 5.10 Å². The molecule has 0 spiro atoms. The Hall–Kier alpha value is -2.96. The standard InChI is InChI=1S/C17H18N6O/c1-8-3-11(8)17(24)22-15-5-10-4-14(12-7-20-23-9(12)2)21-16(18)13(10)6-19-15/h4-8,11H,3H2,1-2H3,(H2,18,21)(H,20,23)(H,19,22,24). The number of rotatable bonds is 3. The van der Waals surface area contributed by atoms with E-state index in [4.69, 9.17) is 5.73 Å². The molecule has 1 aliphatic carbocycles. The quantitative estimate of drug-likeness (QED) is 0.686. The summed E-state index contributed by atoms with van der Waals surface area (Å²) in [4.78, 5) is 20.8. The fourth-order valence-electron chi connectivity index (χ4n) is 2.90. The zero-order valence-electron chi connectivity index (χ0n) is 13.5. The average molecular weight is 322 g/mol. The van der Waals surface area contributed by atoms with Gasteiger partial charge in [0.15, 0.2) is 0 Å². The van der Waals surface area contributed by atoms with Crippen molar-refractivity contribution in [2.45, 2.75) is 20.3 Å². The maximum absolute atomic E-state index is 12.1. The average Bonchev–Trinajstić information content (AvgIpc) is 3.12. The summed E-state index contributed by atoms with van der Waals surface area (Å²) in [6.07, 6.45) is 4.39. The number of carbonyl (C=O) groups is 1. The third-order valence-electron chi connectivity index (χ3n) is 4.55. The van der Waals surface area contributed by atoms with E-state index < -0.39 is 0 Å². The van der Waals surface area contributed by atoms with E-state index in [1.165, 1.54) is 0 Å². The summed E-state index contributed by atoms with van der Waals surface area (Å²) in [5.41, 5.74) is 8.57. The zero-order chi connectivity index (χ0) is 16.8. The third-order valence-corrected chi connectivity index (χ3v) is 4.55. The molecule has 2 atom stereocenters. The van der Waals surface area contributed by atoms with Crippen LogP contribution >= 0.6 is 0 Å². The molecule has 122 valence electrons. The lowest BCUT2D eigenvalue weighted by molar-refractivity contribution is -0.117. The van der Waals surface area contributed by atoms with Crippen LogP contribution in [-0.2, 0) is 4.79 Å². The molecular weight excluding hydrogens is 304 g/mol. The van der Waals surface area contributed by atoms with Crippen molar-refractivity contribution in [3.63, 3.8) is 0 Å². The minimum absolute atomic E-state index is 0.0299.